The monoisotopic (exact) mass is 462 g/mol. The zero-order valence-corrected chi connectivity index (χ0v) is 20.1. The molecule has 3 aromatic rings. The van der Waals surface area contributed by atoms with Crippen LogP contribution in [0.5, 0.6) is 0 Å². The average Bonchev–Trinajstić information content (AvgIpc) is 2.85. The second-order valence-corrected chi connectivity index (χ2v) is 9.59. The predicted molar refractivity (Wildman–Crippen MR) is 135 cm³/mol. The summed E-state index contributed by atoms with van der Waals surface area (Å²) in [6.45, 7) is 4.32. The van der Waals surface area contributed by atoms with Gasteiger partial charge in [-0.3, -0.25) is 0 Å². The van der Waals surface area contributed by atoms with Gasteiger partial charge in [-0.2, -0.15) is 0 Å². The highest BCUT2D eigenvalue weighted by Gasteiger charge is 2.21. The second kappa shape index (κ2) is 11.1. The minimum Gasteiger partial charge on any atom is -0.206 e. The second-order valence-electron chi connectivity index (χ2n) is 9.59. The van der Waals surface area contributed by atoms with E-state index < -0.39 is 11.6 Å². The molecule has 0 aliphatic heterocycles. The van der Waals surface area contributed by atoms with Crippen LogP contribution >= 0.6 is 0 Å². The van der Waals surface area contributed by atoms with Crippen molar-refractivity contribution in [2.75, 3.05) is 0 Å². The third-order valence-electron chi connectivity index (χ3n) is 7.13. The Hall–Kier alpha value is -2.81. The summed E-state index contributed by atoms with van der Waals surface area (Å²) in [5, 5.41) is 0. The van der Waals surface area contributed by atoms with Crippen molar-refractivity contribution in [2.45, 2.75) is 64.7 Å². The van der Waals surface area contributed by atoms with Crippen molar-refractivity contribution in [3.05, 3.63) is 95.3 Å². The smallest absolute Gasteiger partial charge is 0.166 e. The molecule has 0 saturated heterocycles. The molecule has 0 unspecified atom stereocenters. The molecule has 1 aliphatic carbocycles. The fourth-order valence-corrected chi connectivity index (χ4v) is 4.97. The van der Waals surface area contributed by atoms with Gasteiger partial charge in [-0.25, -0.2) is 13.2 Å². The van der Waals surface area contributed by atoms with E-state index in [9.17, 15) is 13.2 Å². The molecule has 1 aliphatic rings. The Morgan fingerprint density at radius 1 is 0.765 bits per heavy atom. The fraction of sp³-hybridized carbons (Fsp3) is 0.355. The Morgan fingerprint density at radius 2 is 1.41 bits per heavy atom. The van der Waals surface area contributed by atoms with Crippen LogP contribution in [-0.4, -0.2) is 0 Å². The van der Waals surface area contributed by atoms with Crippen molar-refractivity contribution in [1.82, 2.24) is 0 Å². The molecular weight excluding hydrogens is 429 g/mol. The van der Waals surface area contributed by atoms with Gasteiger partial charge in [0.05, 0.1) is 0 Å². The molecule has 0 radical (unpaired) electrons. The predicted octanol–water partition coefficient (Wildman–Crippen LogP) is 9.63. The van der Waals surface area contributed by atoms with Crippen LogP contribution in [0.25, 0.3) is 22.3 Å². The normalized spacial score (nSPS) is 18.5. The number of benzene rings is 3. The zero-order valence-electron chi connectivity index (χ0n) is 20.1. The zero-order chi connectivity index (χ0) is 24.1. The van der Waals surface area contributed by atoms with Crippen LogP contribution in [0.2, 0.25) is 0 Å². The molecule has 0 nitrogen and oxygen atoms in total. The molecule has 178 valence electrons. The lowest BCUT2D eigenvalue weighted by Crippen LogP contribution is -2.11. The molecule has 3 heteroatoms. The lowest BCUT2D eigenvalue weighted by atomic mass is 9.79. The minimum absolute atomic E-state index is 0.222. The lowest BCUT2D eigenvalue weighted by molar-refractivity contribution is 0.347. The summed E-state index contributed by atoms with van der Waals surface area (Å²) in [5.74, 6) is -0.656. The molecule has 0 bridgehead atoms. The van der Waals surface area contributed by atoms with Gasteiger partial charge in [0.25, 0.3) is 0 Å². The molecule has 1 fully saturated rings. The summed E-state index contributed by atoms with van der Waals surface area (Å²) in [4.78, 5) is 0. The summed E-state index contributed by atoms with van der Waals surface area (Å²) < 4.78 is 44.4. The van der Waals surface area contributed by atoms with Crippen molar-refractivity contribution in [3.8, 4) is 22.3 Å². The Kier molecular flexibility index (Phi) is 7.92. The molecule has 1 saturated carbocycles. The van der Waals surface area contributed by atoms with Crippen molar-refractivity contribution in [2.24, 2.45) is 5.92 Å². The van der Waals surface area contributed by atoms with Gasteiger partial charge in [-0.1, -0.05) is 87.4 Å². The number of hydrogen-bond donors (Lipinski definition) is 0. The molecule has 3 aromatic carbocycles. The Morgan fingerprint density at radius 3 is 2.06 bits per heavy atom. The molecule has 0 N–H and O–H groups in total. The van der Waals surface area contributed by atoms with Crippen molar-refractivity contribution < 1.29 is 13.2 Å². The van der Waals surface area contributed by atoms with Gasteiger partial charge in [0.2, 0.25) is 0 Å². The maximum absolute atomic E-state index is 15.0. The van der Waals surface area contributed by atoms with Gasteiger partial charge >= 0.3 is 0 Å². The van der Waals surface area contributed by atoms with E-state index in [1.54, 1.807) is 42.5 Å². The van der Waals surface area contributed by atoms with Gasteiger partial charge in [-0.05, 0) is 72.3 Å². The summed E-state index contributed by atoms with van der Waals surface area (Å²) in [7, 11) is 0. The molecular formula is C31H33F3. The van der Waals surface area contributed by atoms with Crippen LogP contribution < -0.4 is 0 Å². The number of halogens is 3. The van der Waals surface area contributed by atoms with Crippen LogP contribution in [0.3, 0.4) is 0 Å². The first-order chi connectivity index (χ1) is 16.5. The summed E-state index contributed by atoms with van der Waals surface area (Å²) in [6.07, 6.45) is 10.7. The standard InChI is InChI=1S/C31H33F3/c1-3-4-5-6-7-25-16-19-28(31(34)30(25)33)24-14-12-23(13-15-24)27-18-17-26(20-29(27)32)22-10-8-21(2)9-11-22/h4-5,12-22H,3,6-11H2,1-2H3/b5-4+. The van der Waals surface area contributed by atoms with E-state index in [0.29, 0.717) is 35.4 Å². The Bertz CT molecular complexity index is 1140. The highest BCUT2D eigenvalue weighted by Crippen LogP contribution is 2.37. The van der Waals surface area contributed by atoms with Crippen LogP contribution in [0, 0.1) is 23.4 Å². The van der Waals surface area contributed by atoms with E-state index in [2.05, 4.69) is 6.92 Å². The largest absolute Gasteiger partial charge is 0.206 e. The molecule has 4 rings (SSSR count). The first kappa shape index (κ1) is 24.3. The maximum atomic E-state index is 15.0. The van der Waals surface area contributed by atoms with E-state index >= 15 is 0 Å². The van der Waals surface area contributed by atoms with E-state index in [-0.39, 0.29) is 11.4 Å². The van der Waals surface area contributed by atoms with Crippen molar-refractivity contribution in [1.29, 1.82) is 0 Å². The van der Waals surface area contributed by atoms with Crippen LogP contribution in [0.1, 0.15) is 69.4 Å². The Labute approximate surface area is 201 Å². The molecule has 0 atom stereocenters. The van der Waals surface area contributed by atoms with E-state index in [0.717, 1.165) is 36.3 Å². The molecule has 34 heavy (non-hydrogen) atoms. The van der Waals surface area contributed by atoms with Crippen LogP contribution in [0.15, 0.2) is 66.7 Å². The van der Waals surface area contributed by atoms with Crippen LogP contribution in [0.4, 0.5) is 13.2 Å². The first-order valence-electron chi connectivity index (χ1n) is 12.5. The quantitative estimate of drug-likeness (QED) is 0.307. The van der Waals surface area contributed by atoms with Gasteiger partial charge in [0, 0.05) is 11.1 Å². The highest BCUT2D eigenvalue weighted by molar-refractivity contribution is 5.71. The van der Waals surface area contributed by atoms with Gasteiger partial charge in [-0.15, -0.1) is 0 Å². The molecule has 0 amide bonds. The number of rotatable bonds is 7. The van der Waals surface area contributed by atoms with E-state index in [1.807, 2.05) is 31.2 Å². The van der Waals surface area contributed by atoms with Crippen molar-refractivity contribution in [3.63, 3.8) is 0 Å². The van der Waals surface area contributed by atoms with Gasteiger partial charge in [0.15, 0.2) is 11.6 Å². The number of hydrogen-bond acceptors (Lipinski definition) is 0. The topological polar surface area (TPSA) is 0 Å². The SMILES string of the molecule is CC/C=C/CCc1ccc(-c2ccc(-c3ccc(C4CCC(C)CC4)cc3F)cc2)c(F)c1F. The summed E-state index contributed by atoms with van der Waals surface area (Å²) in [5.41, 5.74) is 3.51. The fourth-order valence-electron chi connectivity index (χ4n) is 4.97. The summed E-state index contributed by atoms with van der Waals surface area (Å²) >= 11 is 0. The number of aryl methyl sites for hydroxylation is 1. The van der Waals surface area contributed by atoms with Crippen molar-refractivity contribution >= 4 is 0 Å². The van der Waals surface area contributed by atoms with Gasteiger partial charge < -0.3 is 0 Å². The third-order valence-corrected chi connectivity index (χ3v) is 7.13. The Balaban J connectivity index is 1.51. The third kappa shape index (κ3) is 5.46. The number of allylic oxidation sites excluding steroid dienone is 2. The first-order valence-corrected chi connectivity index (χ1v) is 12.5. The highest BCUT2D eigenvalue weighted by atomic mass is 19.2. The minimum atomic E-state index is -0.831. The average molecular weight is 463 g/mol. The lowest BCUT2D eigenvalue weighted by Gasteiger charge is -2.26. The van der Waals surface area contributed by atoms with Gasteiger partial charge in [0.1, 0.15) is 5.82 Å². The molecule has 0 spiro atoms. The van der Waals surface area contributed by atoms with E-state index in [4.69, 9.17) is 0 Å². The molecule has 0 heterocycles. The summed E-state index contributed by atoms with van der Waals surface area (Å²) in [6, 6.07) is 15.9. The maximum Gasteiger partial charge on any atom is 0.166 e. The van der Waals surface area contributed by atoms with Crippen LogP contribution in [-0.2, 0) is 6.42 Å². The van der Waals surface area contributed by atoms with E-state index in [1.165, 1.54) is 12.8 Å². The molecule has 0 aromatic heterocycles.